The number of ether oxygens (including phenoxy) is 2. The van der Waals surface area contributed by atoms with E-state index in [0.717, 1.165) is 18.2 Å². The van der Waals surface area contributed by atoms with E-state index in [0.29, 0.717) is 0 Å². The molecule has 2 heterocycles. The largest absolute Gasteiger partial charge is 0.444 e. The number of aliphatic imine (C=N–C) groups is 1. The maximum absolute atomic E-state index is 14.9. The first kappa shape index (κ1) is 21.5. The Hall–Kier alpha value is -2.24. The number of benzene rings is 1. The van der Waals surface area contributed by atoms with Gasteiger partial charge in [0, 0.05) is 36.5 Å². The number of amidine groups is 1. The summed E-state index contributed by atoms with van der Waals surface area (Å²) in [5.74, 6) is -0.386. The van der Waals surface area contributed by atoms with Crippen LogP contribution in [0, 0.1) is 15.9 Å². The minimum atomic E-state index is -1.32. The van der Waals surface area contributed by atoms with Gasteiger partial charge in [0.05, 0.1) is 17.1 Å². The lowest BCUT2D eigenvalue weighted by atomic mass is 9.70. The second-order valence-corrected chi connectivity index (χ2v) is 9.04. The molecule has 1 saturated heterocycles. The van der Waals surface area contributed by atoms with Gasteiger partial charge in [-0.05, 0) is 26.8 Å². The van der Waals surface area contributed by atoms with Gasteiger partial charge in [0.2, 0.25) is 0 Å². The highest BCUT2D eigenvalue weighted by Gasteiger charge is 2.56. The Morgan fingerprint density at radius 3 is 2.86 bits per heavy atom. The van der Waals surface area contributed by atoms with Crippen LogP contribution in [0.2, 0.25) is 0 Å². The normalized spacial score (nSPS) is 26.9. The van der Waals surface area contributed by atoms with Crippen molar-refractivity contribution in [3.63, 3.8) is 0 Å². The van der Waals surface area contributed by atoms with Crippen LogP contribution in [0.25, 0.3) is 0 Å². The van der Waals surface area contributed by atoms with Gasteiger partial charge < -0.3 is 15.2 Å². The van der Waals surface area contributed by atoms with Crippen molar-refractivity contribution in [3.8, 4) is 0 Å². The summed E-state index contributed by atoms with van der Waals surface area (Å²) < 4.78 is 25.6. The van der Waals surface area contributed by atoms with Gasteiger partial charge in [0.15, 0.2) is 5.17 Å². The SMILES string of the molecule is CC(C)(C)OC(=O)NC1=N[C@@]2(c3cc([N+](=O)[O-])ccc3F)CCOC[C@@]2(N)CS1. The third kappa shape index (κ3) is 4.21. The lowest BCUT2D eigenvalue weighted by Gasteiger charge is -2.51. The molecule has 158 valence electrons. The topological polar surface area (TPSA) is 129 Å². The molecule has 2 aliphatic rings. The van der Waals surface area contributed by atoms with Crippen molar-refractivity contribution >= 4 is 28.7 Å². The van der Waals surface area contributed by atoms with Gasteiger partial charge in [-0.2, -0.15) is 0 Å². The number of nitrogens with one attached hydrogen (secondary N) is 1. The molecule has 0 saturated carbocycles. The zero-order valence-corrected chi connectivity index (χ0v) is 17.2. The van der Waals surface area contributed by atoms with Gasteiger partial charge in [-0.15, -0.1) is 0 Å². The van der Waals surface area contributed by atoms with Crippen LogP contribution in [-0.4, -0.2) is 46.3 Å². The molecule has 1 amide bonds. The molecular weight excluding hydrogens is 403 g/mol. The number of hydrogen-bond acceptors (Lipinski definition) is 8. The van der Waals surface area contributed by atoms with Crippen LogP contribution in [0.3, 0.4) is 0 Å². The number of hydrogen-bond donors (Lipinski definition) is 2. The first-order valence-electron chi connectivity index (χ1n) is 8.99. The third-order valence-electron chi connectivity index (χ3n) is 4.76. The van der Waals surface area contributed by atoms with Gasteiger partial charge in [0.1, 0.15) is 17.0 Å². The lowest BCUT2D eigenvalue weighted by Crippen LogP contribution is -2.67. The number of nitrogens with zero attached hydrogens (tertiary/aromatic N) is 2. The minimum Gasteiger partial charge on any atom is -0.444 e. The average molecular weight is 426 g/mol. The number of carbonyl (C=O) groups excluding carboxylic acids is 1. The van der Waals surface area contributed by atoms with Crippen molar-refractivity contribution in [1.82, 2.24) is 5.32 Å². The van der Waals surface area contributed by atoms with E-state index in [1.165, 1.54) is 11.8 Å². The maximum Gasteiger partial charge on any atom is 0.413 e. The van der Waals surface area contributed by atoms with Crippen LogP contribution in [-0.2, 0) is 15.0 Å². The van der Waals surface area contributed by atoms with Gasteiger partial charge in [0.25, 0.3) is 5.69 Å². The Morgan fingerprint density at radius 1 is 1.48 bits per heavy atom. The van der Waals surface area contributed by atoms with Crippen molar-refractivity contribution in [2.45, 2.75) is 43.9 Å². The molecule has 0 aliphatic carbocycles. The summed E-state index contributed by atoms with van der Waals surface area (Å²) in [5, 5.41) is 14.0. The first-order chi connectivity index (χ1) is 13.5. The van der Waals surface area contributed by atoms with Crippen LogP contribution < -0.4 is 11.1 Å². The second kappa shape index (κ2) is 7.54. The summed E-state index contributed by atoms with van der Waals surface area (Å²) in [6.07, 6.45) is -0.489. The monoisotopic (exact) mass is 426 g/mol. The molecule has 0 bridgehead atoms. The standard InChI is InChI=1S/C18H23FN4O5S/c1-16(2,3)28-15(24)21-14-22-18(6-7-27-9-17(18,20)10-29-14)12-8-11(23(25)26)4-5-13(12)19/h4-5,8H,6-7,9-10,20H2,1-3H3,(H,21,22,24)/t17-,18-/m1/s1. The fourth-order valence-electron chi connectivity index (χ4n) is 3.44. The highest BCUT2D eigenvalue weighted by atomic mass is 32.2. The average Bonchev–Trinajstić information content (AvgIpc) is 2.60. The molecule has 2 atom stereocenters. The van der Waals surface area contributed by atoms with E-state index in [4.69, 9.17) is 15.2 Å². The molecule has 1 aromatic rings. The van der Waals surface area contributed by atoms with E-state index >= 15 is 0 Å². The Balaban J connectivity index is 2.07. The Morgan fingerprint density at radius 2 is 2.21 bits per heavy atom. The van der Waals surface area contributed by atoms with Crippen LogP contribution in [0.5, 0.6) is 0 Å². The number of non-ortho nitro benzene ring substituents is 1. The van der Waals surface area contributed by atoms with Crippen LogP contribution in [0.4, 0.5) is 14.9 Å². The summed E-state index contributed by atoms with van der Waals surface area (Å²) in [5.41, 5.74) is 3.21. The highest BCUT2D eigenvalue weighted by Crippen LogP contribution is 2.48. The fraction of sp³-hybridized carbons (Fsp3) is 0.556. The minimum absolute atomic E-state index is 0.0151. The van der Waals surface area contributed by atoms with Gasteiger partial charge >= 0.3 is 6.09 Å². The van der Waals surface area contributed by atoms with Crippen molar-refractivity contribution in [1.29, 1.82) is 0 Å². The number of nitro groups is 1. The number of fused-ring (bicyclic) bond motifs is 1. The van der Waals surface area contributed by atoms with E-state index in [1.54, 1.807) is 20.8 Å². The number of amides is 1. The highest BCUT2D eigenvalue weighted by molar-refractivity contribution is 8.14. The number of rotatable bonds is 2. The van der Waals surface area contributed by atoms with Crippen molar-refractivity contribution in [3.05, 3.63) is 39.7 Å². The number of thioether (sulfide) groups is 1. The molecular formula is C18H23FN4O5S. The summed E-state index contributed by atoms with van der Waals surface area (Å²) in [6.45, 7) is 5.53. The van der Waals surface area contributed by atoms with Crippen molar-refractivity contribution < 1.29 is 23.6 Å². The van der Waals surface area contributed by atoms with Crippen LogP contribution in [0.15, 0.2) is 23.2 Å². The smallest absolute Gasteiger partial charge is 0.413 e. The van der Waals surface area contributed by atoms with Gasteiger partial charge in [-0.25, -0.2) is 14.2 Å². The number of halogens is 1. The zero-order chi connectivity index (χ0) is 21.4. The Kier molecular flexibility index (Phi) is 5.58. The molecule has 3 rings (SSSR count). The molecule has 29 heavy (non-hydrogen) atoms. The second-order valence-electron chi connectivity index (χ2n) is 8.07. The molecule has 11 heteroatoms. The zero-order valence-electron chi connectivity index (χ0n) is 16.4. The summed E-state index contributed by atoms with van der Waals surface area (Å²) in [7, 11) is 0. The predicted molar refractivity (Wildman–Crippen MR) is 106 cm³/mol. The third-order valence-corrected chi connectivity index (χ3v) is 5.89. The molecule has 1 aromatic carbocycles. The Bertz CT molecular complexity index is 874. The molecule has 9 nitrogen and oxygen atoms in total. The molecule has 2 aliphatic heterocycles. The summed E-state index contributed by atoms with van der Waals surface area (Å²) in [6, 6.07) is 3.29. The predicted octanol–water partition coefficient (Wildman–Crippen LogP) is 2.67. The van der Waals surface area contributed by atoms with E-state index in [-0.39, 0.29) is 41.8 Å². The molecule has 3 N–H and O–H groups in total. The molecule has 0 spiro atoms. The fourth-order valence-corrected chi connectivity index (χ4v) is 4.53. The Labute approximate surface area is 171 Å². The van der Waals surface area contributed by atoms with E-state index in [1.807, 2.05) is 0 Å². The number of nitrogens with two attached hydrogens (primary N) is 1. The number of alkyl carbamates (subject to hydrolysis) is 1. The quantitative estimate of drug-likeness (QED) is 0.549. The molecule has 0 radical (unpaired) electrons. The van der Waals surface area contributed by atoms with E-state index in [2.05, 4.69) is 10.3 Å². The maximum atomic E-state index is 14.9. The number of nitro benzene ring substituents is 1. The van der Waals surface area contributed by atoms with Crippen molar-refractivity contribution in [2.24, 2.45) is 10.7 Å². The molecule has 0 unspecified atom stereocenters. The van der Waals surface area contributed by atoms with E-state index in [9.17, 15) is 19.3 Å². The summed E-state index contributed by atoms with van der Waals surface area (Å²) >= 11 is 1.19. The van der Waals surface area contributed by atoms with Crippen LogP contribution >= 0.6 is 11.8 Å². The van der Waals surface area contributed by atoms with Gasteiger partial charge in [-0.1, -0.05) is 11.8 Å². The molecule has 1 fully saturated rings. The van der Waals surface area contributed by atoms with E-state index < -0.39 is 33.5 Å². The first-order valence-corrected chi connectivity index (χ1v) is 9.98. The van der Waals surface area contributed by atoms with Crippen LogP contribution in [0.1, 0.15) is 32.8 Å². The summed E-state index contributed by atoms with van der Waals surface area (Å²) in [4.78, 5) is 27.4. The van der Waals surface area contributed by atoms with Crippen molar-refractivity contribution in [2.75, 3.05) is 19.0 Å². The lowest BCUT2D eigenvalue weighted by molar-refractivity contribution is -0.385. The number of carbonyl (C=O) groups is 1. The van der Waals surface area contributed by atoms with Gasteiger partial charge in [-0.3, -0.25) is 15.4 Å². The molecule has 0 aromatic heterocycles.